The highest BCUT2D eigenvalue weighted by atomic mass is 32.2. The normalized spacial score (nSPS) is 10.4. The van der Waals surface area contributed by atoms with Crippen LogP contribution in [0.4, 0.5) is 0 Å². The molecule has 0 aliphatic heterocycles. The first-order valence-electron chi connectivity index (χ1n) is 7.06. The van der Waals surface area contributed by atoms with E-state index in [1.165, 1.54) is 4.90 Å². The number of rotatable bonds is 6. The standard InChI is InChI=1S/C18H16N2OS/c1-3-11-19-15(5-1)13-21-17-7-9-18(10-8-17)22-14-16-6-2-4-12-20-16/h1-12H,13-14H2. The van der Waals surface area contributed by atoms with Crippen molar-refractivity contribution in [3.05, 3.63) is 84.4 Å². The van der Waals surface area contributed by atoms with E-state index < -0.39 is 0 Å². The lowest BCUT2D eigenvalue weighted by Crippen LogP contribution is -1.97. The van der Waals surface area contributed by atoms with Crippen LogP contribution in [-0.4, -0.2) is 9.97 Å². The molecule has 3 nitrogen and oxygen atoms in total. The monoisotopic (exact) mass is 308 g/mol. The highest BCUT2D eigenvalue weighted by Gasteiger charge is 1.99. The number of aromatic nitrogens is 2. The Bertz CT molecular complexity index is 625. The number of hydrogen-bond donors (Lipinski definition) is 0. The fraction of sp³-hybridized carbons (Fsp3) is 0.111. The summed E-state index contributed by atoms with van der Waals surface area (Å²) in [6.45, 7) is 0.487. The maximum atomic E-state index is 5.73. The van der Waals surface area contributed by atoms with E-state index in [1.54, 1.807) is 18.0 Å². The summed E-state index contributed by atoms with van der Waals surface area (Å²) in [5.74, 6) is 1.72. The summed E-state index contributed by atoms with van der Waals surface area (Å²) < 4.78 is 5.73. The molecule has 1 aromatic carbocycles. The number of nitrogens with zero attached hydrogens (tertiary/aromatic N) is 2. The molecule has 2 aromatic heterocycles. The third kappa shape index (κ3) is 4.33. The third-order valence-electron chi connectivity index (χ3n) is 3.05. The summed E-state index contributed by atoms with van der Waals surface area (Å²) in [6, 6.07) is 19.9. The van der Waals surface area contributed by atoms with Crippen molar-refractivity contribution >= 4 is 11.8 Å². The highest BCUT2D eigenvalue weighted by Crippen LogP contribution is 2.24. The molecule has 0 bridgehead atoms. The van der Waals surface area contributed by atoms with Crippen LogP contribution in [0.3, 0.4) is 0 Å². The van der Waals surface area contributed by atoms with Gasteiger partial charge in [-0.2, -0.15) is 0 Å². The van der Waals surface area contributed by atoms with Crippen LogP contribution in [0.5, 0.6) is 5.75 Å². The summed E-state index contributed by atoms with van der Waals surface area (Å²) >= 11 is 1.77. The van der Waals surface area contributed by atoms with E-state index in [0.717, 1.165) is 22.9 Å². The maximum absolute atomic E-state index is 5.73. The molecule has 22 heavy (non-hydrogen) atoms. The van der Waals surface area contributed by atoms with Gasteiger partial charge in [-0.05, 0) is 48.5 Å². The zero-order valence-corrected chi connectivity index (χ0v) is 12.9. The molecule has 4 heteroatoms. The molecule has 0 unspecified atom stereocenters. The first kappa shape index (κ1) is 14.6. The average molecular weight is 308 g/mol. The van der Waals surface area contributed by atoms with Crippen molar-refractivity contribution in [2.45, 2.75) is 17.3 Å². The van der Waals surface area contributed by atoms with Crippen molar-refractivity contribution in [1.29, 1.82) is 0 Å². The Morgan fingerprint density at radius 2 is 1.45 bits per heavy atom. The third-order valence-corrected chi connectivity index (χ3v) is 4.10. The van der Waals surface area contributed by atoms with E-state index in [9.17, 15) is 0 Å². The van der Waals surface area contributed by atoms with Crippen molar-refractivity contribution in [3.8, 4) is 5.75 Å². The number of benzene rings is 1. The Hall–Kier alpha value is -2.33. The predicted molar refractivity (Wildman–Crippen MR) is 88.8 cm³/mol. The minimum atomic E-state index is 0.487. The van der Waals surface area contributed by atoms with E-state index in [-0.39, 0.29) is 0 Å². The van der Waals surface area contributed by atoms with Crippen molar-refractivity contribution in [1.82, 2.24) is 9.97 Å². The van der Waals surface area contributed by atoms with Gasteiger partial charge in [0.15, 0.2) is 0 Å². The lowest BCUT2D eigenvalue weighted by Gasteiger charge is -2.07. The maximum Gasteiger partial charge on any atom is 0.130 e. The van der Waals surface area contributed by atoms with E-state index in [0.29, 0.717) is 6.61 Å². The van der Waals surface area contributed by atoms with Crippen LogP contribution < -0.4 is 4.74 Å². The summed E-state index contributed by atoms with van der Waals surface area (Å²) in [5.41, 5.74) is 2.01. The van der Waals surface area contributed by atoms with Crippen LogP contribution in [0, 0.1) is 0 Å². The van der Waals surface area contributed by atoms with Crippen LogP contribution in [0.2, 0.25) is 0 Å². The van der Waals surface area contributed by atoms with E-state index in [1.807, 2.05) is 54.7 Å². The first-order valence-corrected chi connectivity index (χ1v) is 8.04. The smallest absolute Gasteiger partial charge is 0.130 e. The molecule has 0 aliphatic rings. The molecular formula is C18H16N2OS. The number of hydrogen-bond acceptors (Lipinski definition) is 4. The summed E-state index contributed by atoms with van der Waals surface area (Å²) in [5, 5.41) is 0. The number of ether oxygens (including phenoxy) is 1. The summed E-state index contributed by atoms with van der Waals surface area (Å²) in [4.78, 5) is 9.76. The lowest BCUT2D eigenvalue weighted by atomic mass is 10.3. The molecule has 110 valence electrons. The second kappa shape index (κ2) is 7.61. The molecular weight excluding hydrogens is 292 g/mol. The Balaban J connectivity index is 1.52. The Morgan fingerprint density at radius 1 is 0.773 bits per heavy atom. The van der Waals surface area contributed by atoms with Crippen LogP contribution in [0.15, 0.2) is 78.0 Å². The quantitative estimate of drug-likeness (QED) is 0.634. The second-order valence-corrected chi connectivity index (χ2v) is 5.74. The van der Waals surface area contributed by atoms with Gasteiger partial charge in [0.1, 0.15) is 12.4 Å². The van der Waals surface area contributed by atoms with Gasteiger partial charge in [0, 0.05) is 23.0 Å². The minimum Gasteiger partial charge on any atom is -0.487 e. The van der Waals surface area contributed by atoms with Crippen molar-refractivity contribution in [2.75, 3.05) is 0 Å². The Kier molecular flexibility index (Phi) is 5.05. The van der Waals surface area contributed by atoms with Gasteiger partial charge in [0.25, 0.3) is 0 Å². The SMILES string of the molecule is c1ccc(COc2ccc(SCc3ccccn3)cc2)nc1. The minimum absolute atomic E-state index is 0.487. The van der Waals surface area contributed by atoms with Gasteiger partial charge in [-0.25, -0.2) is 0 Å². The largest absolute Gasteiger partial charge is 0.487 e. The molecule has 2 heterocycles. The fourth-order valence-corrected chi connectivity index (χ4v) is 2.73. The zero-order valence-electron chi connectivity index (χ0n) is 12.1. The lowest BCUT2D eigenvalue weighted by molar-refractivity contribution is 0.301. The van der Waals surface area contributed by atoms with Crippen molar-refractivity contribution in [2.24, 2.45) is 0 Å². The van der Waals surface area contributed by atoms with E-state index in [4.69, 9.17) is 4.74 Å². The second-order valence-electron chi connectivity index (χ2n) is 4.69. The van der Waals surface area contributed by atoms with E-state index in [2.05, 4.69) is 22.1 Å². The Morgan fingerprint density at radius 3 is 2.09 bits per heavy atom. The highest BCUT2D eigenvalue weighted by molar-refractivity contribution is 7.98. The molecule has 3 aromatic rings. The van der Waals surface area contributed by atoms with Crippen molar-refractivity contribution in [3.63, 3.8) is 0 Å². The van der Waals surface area contributed by atoms with Gasteiger partial charge < -0.3 is 4.74 Å². The zero-order chi connectivity index (χ0) is 15.0. The van der Waals surface area contributed by atoms with Gasteiger partial charge in [-0.3, -0.25) is 9.97 Å². The van der Waals surface area contributed by atoms with Crippen LogP contribution in [0.1, 0.15) is 11.4 Å². The molecule has 0 saturated carbocycles. The Labute approximate surface area is 134 Å². The fourth-order valence-electron chi connectivity index (χ4n) is 1.91. The molecule has 0 spiro atoms. The first-order chi connectivity index (χ1) is 10.9. The van der Waals surface area contributed by atoms with Crippen LogP contribution in [0.25, 0.3) is 0 Å². The summed E-state index contributed by atoms with van der Waals surface area (Å²) in [7, 11) is 0. The van der Waals surface area contributed by atoms with Gasteiger partial charge in [0.2, 0.25) is 0 Å². The van der Waals surface area contributed by atoms with E-state index >= 15 is 0 Å². The molecule has 0 aliphatic carbocycles. The molecule has 0 N–H and O–H groups in total. The van der Waals surface area contributed by atoms with Crippen LogP contribution in [-0.2, 0) is 12.4 Å². The molecule has 0 radical (unpaired) electrons. The topological polar surface area (TPSA) is 35.0 Å². The molecule has 0 amide bonds. The van der Waals surface area contributed by atoms with Gasteiger partial charge in [-0.15, -0.1) is 11.8 Å². The number of thioether (sulfide) groups is 1. The summed E-state index contributed by atoms with van der Waals surface area (Å²) in [6.07, 6.45) is 3.60. The van der Waals surface area contributed by atoms with Crippen LogP contribution >= 0.6 is 11.8 Å². The van der Waals surface area contributed by atoms with Crippen molar-refractivity contribution < 1.29 is 4.74 Å². The number of pyridine rings is 2. The average Bonchev–Trinajstić information content (AvgIpc) is 2.61. The van der Waals surface area contributed by atoms with Gasteiger partial charge >= 0.3 is 0 Å². The van der Waals surface area contributed by atoms with Gasteiger partial charge in [0.05, 0.1) is 11.4 Å². The molecule has 0 fully saturated rings. The predicted octanol–water partition coefficient (Wildman–Crippen LogP) is 4.35. The molecule has 3 rings (SSSR count). The molecule has 0 saturated heterocycles. The van der Waals surface area contributed by atoms with Gasteiger partial charge in [-0.1, -0.05) is 12.1 Å². The molecule has 0 atom stereocenters.